The first-order chi connectivity index (χ1) is 16.9. The topological polar surface area (TPSA) is 93.6 Å². The molecular formula is C27H25N5O2S. The van der Waals surface area contributed by atoms with E-state index in [1.165, 1.54) is 18.1 Å². The summed E-state index contributed by atoms with van der Waals surface area (Å²) in [4.78, 5) is 26.7. The monoisotopic (exact) mass is 483 g/mol. The number of aliphatic hydroxyl groups is 1. The number of nitrogens with zero attached hydrogens (tertiary/aromatic N) is 3. The van der Waals surface area contributed by atoms with E-state index in [0.717, 1.165) is 22.4 Å². The summed E-state index contributed by atoms with van der Waals surface area (Å²) in [7, 11) is 0. The molecule has 3 aromatic carbocycles. The van der Waals surface area contributed by atoms with Crippen molar-refractivity contribution in [3.8, 4) is 0 Å². The van der Waals surface area contributed by atoms with Crippen LogP contribution in [-0.4, -0.2) is 31.9 Å². The van der Waals surface area contributed by atoms with Crippen molar-refractivity contribution >= 4 is 40.0 Å². The van der Waals surface area contributed by atoms with E-state index in [2.05, 4.69) is 15.3 Å². The molecule has 8 heteroatoms. The van der Waals surface area contributed by atoms with Crippen LogP contribution in [0.1, 0.15) is 27.2 Å². The van der Waals surface area contributed by atoms with Gasteiger partial charge in [0.05, 0.1) is 12.1 Å². The van der Waals surface area contributed by atoms with Crippen molar-refractivity contribution < 1.29 is 9.90 Å². The van der Waals surface area contributed by atoms with Crippen molar-refractivity contribution in [3.05, 3.63) is 108 Å². The molecule has 35 heavy (non-hydrogen) atoms. The van der Waals surface area contributed by atoms with E-state index in [1.807, 2.05) is 92.7 Å². The van der Waals surface area contributed by atoms with E-state index in [0.29, 0.717) is 16.6 Å². The fourth-order valence-electron chi connectivity index (χ4n) is 3.93. The van der Waals surface area contributed by atoms with Gasteiger partial charge in [0.25, 0.3) is 5.91 Å². The number of hydrogen-bond acceptors (Lipinski definition) is 5. The minimum atomic E-state index is -1.31. The summed E-state index contributed by atoms with van der Waals surface area (Å²) in [6.45, 7) is 4.00. The number of amidine groups is 1. The Morgan fingerprint density at radius 3 is 2.37 bits per heavy atom. The van der Waals surface area contributed by atoms with Crippen LogP contribution in [0.15, 0.2) is 90.2 Å². The van der Waals surface area contributed by atoms with Crippen molar-refractivity contribution in [1.82, 2.24) is 9.97 Å². The number of carbonyl (C=O) groups excluding carboxylic acids is 1. The first-order valence-electron chi connectivity index (χ1n) is 11.2. The van der Waals surface area contributed by atoms with Gasteiger partial charge in [-0.25, -0.2) is 9.98 Å². The highest BCUT2D eigenvalue weighted by atomic mass is 32.2. The molecule has 0 saturated carbocycles. The van der Waals surface area contributed by atoms with Gasteiger partial charge in [-0.05, 0) is 38.1 Å². The number of para-hydroxylation sites is 1. The lowest BCUT2D eigenvalue weighted by atomic mass is 10.0. The zero-order valence-corrected chi connectivity index (χ0v) is 20.2. The van der Waals surface area contributed by atoms with E-state index >= 15 is 0 Å². The summed E-state index contributed by atoms with van der Waals surface area (Å²) >= 11 is 1.42. The number of aromatic amines is 1. The van der Waals surface area contributed by atoms with Crippen LogP contribution in [-0.2, 0) is 5.72 Å². The molecule has 0 spiro atoms. The van der Waals surface area contributed by atoms with Gasteiger partial charge in [-0.2, -0.15) is 0 Å². The van der Waals surface area contributed by atoms with Crippen LogP contribution in [0, 0.1) is 13.8 Å². The van der Waals surface area contributed by atoms with Crippen molar-refractivity contribution in [2.45, 2.75) is 19.6 Å². The van der Waals surface area contributed by atoms with Crippen molar-refractivity contribution in [2.75, 3.05) is 16.0 Å². The van der Waals surface area contributed by atoms with Gasteiger partial charge in [-0.3, -0.25) is 9.69 Å². The molecule has 0 bridgehead atoms. The van der Waals surface area contributed by atoms with Gasteiger partial charge in [0, 0.05) is 16.9 Å². The number of carbonyl (C=O) groups is 1. The number of nitrogens with one attached hydrogen (secondary N) is 2. The van der Waals surface area contributed by atoms with Crippen molar-refractivity contribution in [1.29, 1.82) is 0 Å². The number of anilines is 2. The number of aliphatic imine (C=N–C) groups is 1. The Morgan fingerprint density at radius 1 is 1.03 bits per heavy atom. The molecule has 4 aromatic rings. The third kappa shape index (κ3) is 4.58. The van der Waals surface area contributed by atoms with E-state index in [4.69, 9.17) is 4.99 Å². The van der Waals surface area contributed by atoms with Crippen LogP contribution in [0.3, 0.4) is 0 Å². The molecule has 3 N–H and O–H groups in total. The number of amides is 1. The molecule has 0 aliphatic carbocycles. The first-order valence-corrected chi connectivity index (χ1v) is 12.2. The van der Waals surface area contributed by atoms with Crippen LogP contribution in [0.4, 0.5) is 17.2 Å². The van der Waals surface area contributed by atoms with Gasteiger partial charge in [0.15, 0.2) is 22.4 Å². The average Bonchev–Trinajstić information content (AvgIpc) is 3.46. The Kier molecular flexibility index (Phi) is 6.15. The Bertz CT molecular complexity index is 1370. The molecule has 0 radical (unpaired) electrons. The SMILES string of the molecule is Cc1ccc(NC(=O)c2[nH]cnc2N=C2SCC(O)(c3ccc(C)cc3)N2c2ccccc2)cc1. The molecule has 1 aliphatic heterocycles. The van der Waals surface area contributed by atoms with E-state index < -0.39 is 5.72 Å². The third-order valence-electron chi connectivity index (χ3n) is 5.85. The first kappa shape index (κ1) is 22.9. The van der Waals surface area contributed by atoms with Crippen LogP contribution < -0.4 is 10.2 Å². The summed E-state index contributed by atoms with van der Waals surface area (Å²) < 4.78 is 0. The zero-order chi connectivity index (χ0) is 24.4. The molecule has 1 atom stereocenters. The lowest BCUT2D eigenvalue weighted by Gasteiger charge is -2.34. The highest BCUT2D eigenvalue weighted by molar-refractivity contribution is 8.14. The summed E-state index contributed by atoms with van der Waals surface area (Å²) in [5, 5.41) is 15.3. The molecule has 5 rings (SSSR count). The summed E-state index contributed by atoms with van der Waals surface area (Å²) in [6, 6.07) is 25.0. The molecule has 1 saturated heterocycles. The molecular weight excluding hydrogens is 458 g/mol. The molecule has 176 valence electrons. The van der Waals surface area contributed by atoms with Crippen LogP contribution in [0.25, 0.3) is 0 Å². The second-order valence-corrected chi connectivity index (χ2v) is 9.40. The van der Waals surface area contributed by atoms with E-state index in [-0.39, 0.29) is 17.4 Å². The number of aromatic nitrogens is 2. The second kappa shape index (κ2) is 9.40. The smallest absolute Gasteiger partial charge is 0.276 e. The van der Waals surface area contributed by atoms with E-state index in [1.54, 1.807) is 4.90 Å². The number of thioether (sulfide) groups is 1. The van der Waals surface area contributed by atoms with Crippen LogP contribution in [0.2, 0.25) is 0 Å². The van der Waals surface area contributed by atoms with E-state index in [9.17, 15) is 9.90 Å². The largest absolute Gasteiger partial charge is 0.366 e. The number of rotatable bonds is 5. The average molecular weight is 484 g/mol. The summed E-state index contributed by atoms with van der Waals surface area (Å²) in [5.74, 6) is 0.291. The van der Waals surface area contributed by atoms with Gasteiger partial charge in [-0.15, -0.1) is 0 Å². The maximum absolute atomic E-state index is 13.0. The Hall–Kier alpha value is -3.88. The zero-order valence-electron chi connectivity index (χ0n) is 19.4. The van der Waals surface area contributed by atoms with Crippen molar-refractivity contribution in [2.24, 2.45) is 4.99 Å². The maximum Gasteiger partial charge on any atom is 0.276 e. The molecule has 1 aromatic heterocycles. The molecule has 1 unspecified atom stereocenters. The number of benzene rings is 3. The van der Waals surface area contributed by atoms with Crippen LogP contribution in [0.5, 0.6) is 0 Å². The lowest BCUT2D eigenvalue weighted by molar-refractivity contribution is 0.0768. The Labute approximate surface area is 207 Å². The maximum atomic E-state index is 13.0. The standard InChI is InChI=1S/C27H25N5O2S/c1-18-8-12-20(13-9-18)27(34)16-35-26(32(27)22-6-4-3-5-7-22)31-24-23(28-17-29-24)25(33)30-21-14-10-19(2)11-15-21/h3-15,17,34H,16H2,1-2H3,(H,28,29)(H,30,33). The minimum absolute atomic E-state index is 0.248. The quantitative estimate of drug-likeness (QED) is 0.355. The number of hydrogen-bond donors (Lipinski definition) is 3. The molecule has 7 nitrogen and oxygen atoms in total. The predicted molar refractivity (Wildman–Crippen MR) is 141 cm³/mol. The second-order valence-electron chi connectivity index (χ2n) is 8.46. The van der Waals surface area contributed by atoms with Gasteiger partial charge in [-0.1, -0.05) is 77.5 Å². The molecule has 1 amide bonds. The fraction of sp³-hybridized carbons (Fsp3) is 0.148. The molecule has 1 aliphatic rings. The molecule has 2 heterocycles. The number of imidazole rings is 1. The van der Waals surface area contributed by atoms with Gasteiger partial charge in [0.2, 0.25) is 0 Å². The van der Waals surface area contributed by atoms with Crippen LogP contribution >= 0.6 is 11.8 Å². The van der Waals surface area contributed by atoms with Crippen molar-refractivity contribution in [3.63, 3.8) is 0 Å². The highest BCUT2D eigenvalue weighted by Gasteiger charge is 2.46. The predicted octanol–water partition coefficient (Wildman–Crippen LogP) is 5.37. The summed E-state index contributed by atoms with van der Waals surface area (Å²) in [5.41, 5.74) is 3.41. The highest BCUT2D eigenvalue weighted by Crippen LogP contribution is 2.43. The number of aryl methyl sites for hydroxylation is 2. The third-order valence-corrected chi connectivity index (χ3v) is 6.93. The van der Waals surface area contributed by atoms with Gasteiger partial charge in [0.1, 0.15) is 0 Å². The Morgan fingerprint density at radius 2 is 1.69 bits per heavy atom. The minimum Gasteiger partial charge on any atom is -0.366 e. The normalized spacial score (nSPS) is 18.7. The fourth-order valence-corrected chi connectivity index (χ4v) is 5.09. The molecule has 1 fully saturated rings. The Balaban J connectivity index is 1.51. The van der Waals surface area contributed by atoms with Gasteiger partial charge < -0.3 is 15.4 Å². The lowest BCUT2D eigenvalue weighted by Crippen LogP contribution is -2.45. The number of H-pyrrole nitrogens is 1. The van der Waals surface area contributed by atoms with Gasteiger partial charge >= 0.3 is 0 Å². The summed E-state index contributed by atoms with van der Waals surface area (Å²) in [6.07, 6.45) is 1.45.